The summed E-state index contributed by atoms with van der Waals surface area (Å²) in [6.07, 6.45) is 1.41. The predicted octanol–water partition coefficient (Wildman–Crippen LogP) is 1.41. The Bertz CT molecular complexity index is 757. The van der Waals surface area contributed by atoms with Crippen molar-refractivity contribution >= 4 is 33.1 Å². The number of anilines is 1. The van der Waals surface area contributed by atoms with Crippen LogP contribution in [0.15, 0.2) is 51.9 Å². The average Bonchev–Trinajstić information content (AvgIpc) is 2.38. The zero-order valence-electron chi connectivity index (χ0n) is 10.2. The second-order valence-electron chi connectivity index (χ2n) is 3.88. The third-order valence-corrected chi connectivity index (χ3v) is 3.92. The molecule has 0 radical (unpaired) electrons. The van der Waals surface area contributed by atoms with E-state index in [9.17, 15) is 8.42 Å². The van der Waals surface area contributed by atoms with Gasteiger partial charge in [0.2, 0.25) is 0 Å². The smallest absolute Gasteiger partial charge is 0.284 e. The van der Waals surface area contributed by atoms with E-state index in [4.69, 9.17) is 23.1 Å². The van der Waals surface area contributed by atoms with Crippen molar-refractivity contribution < 1.29 is 8.42 Å². The lowest BCUT2D eigenvalue weighted by atomic mass is 10.3. The van der Waals surface area contributed by atoms with Crippen LogP contribution in [-0.2, 0) is 10.0 Å². The van der Waals surface area contributed by atoms with Gasteiger partial charge in [-0.1, -0.05) is 11.6 Å². The number of halogens is 1. The lowest BCUT2D eigenvalue weighted by Gasteiger charge is -2.02. The summed E-state index contributed by atoms with van der Waals surface area (Å²) in [4.78, 5) is 3.90. The second-order valence-corrected chi connectivity index (χ2v) is 5.92. The summed E-state index contributed by atoms with van der Waals surface area (Å²) in [6.45, 7) is 0. The van der Waals surface area contributed by atoms with Gasteiger partial charge < -0.3 is 11.5 Å². The van der Waals surface area contributed by atoms with Gasteiger partial charge in [-0.25, -0.2) is 0 Å². The molecule has 4 N–H and O–H groups in total. The van der Waals surface area contributed by atoms with Gasteiger partial charge in [0.1, 0.15) is 5.69 Å². The highest BCUT2D eigenvalue weighted by atomic mass is 35.5. The minimum absolute atomic E-state index is 0.00308. The number of nitrogens with two attached hydrogens (primary N) is 2. The number of hydrogen-bond donors (Lipinski definition) is 2. The second kappa shape index (κ2) is 5.48. The largest absolute Gasteiger partial charge is 0.399 e. The fourth-order valence-electron chi connectivity index (χ4n) is 1.41. The molecule has 6 nitrogen and oxygen atoms in total. The molecule has 0 unspecified atom stereocenters. The van der Waals surface area contributed by atoms with Crippen LogP contribution in [0.2, 0.25) is 5.02 Å². The highest BCUT2D eigenvalue weighted by molar-refractivity contribution is 7.90. The summed E-state index contributed by atoms with van der Waals surface area (Å²) in [7, 11) is -3.91. The molecule has 20 heavy (non-hydrogen) atoms. The summed E-state index contributed by atoms with van der Waals surface area (Å²) in [5.74, 6) is -0.232. The molecule has 0 saturated carbocycles. The molecule has 1 heterocycles. The van der Waals surface area contributed by atoms with Crippen molar-refractivity contribution in [2.45, 2.75) is 4.90 Å². The molecule has 0 aliphatic carbocycles. The summed E-state index contributed by atoms with van der Waals surface area (Å²) in [6, 6.07) is 8.62. The standard InChI is InChI=1S/C12H11ClN4O2S/c13-8-5-6-16-11(7-8)12(15)17-20(18,19)10-3-1-9(14)2-4-10/h1-7H,14H2,(H2,15,17). The summed E-state index contributed by atoms with van der Waals surface area (Å²) >= 11 is 5.78. The van der Waals surface area contributed by atoms with Gasteiger partial charge in [0.25, 0.3) is 10.0 Å². The van der Waals surface area contributed by atoms with Crippen molar-refractivity contribution in [1.29, 1.82) is 0 Å². The highest BCUT2D eigenvalue weighted by Gasteiger charge is 2.14. The molecule has 1 aromatic heterocycles. The van der Waals surface area contributed by atoms with E-state index in [0.717, 1.165) is 0 Å². The number of amidine groups is 1. The molecule has 2 rings (SSSR count). The number of sulfonamides is 1. The Morgan fingerprint density at radius 2 is 1.85 bits per heavy atom. The molecule has 0 atom stereocenters. The lowest BCUT2D eigenvalue weighted by molar-refractivity contribution is 0.598. The van der Waals surface area contributed by atoms with Crippen LogP contribution in [0.4, 0.5) is 5.69 Å². The van der Waals surface area contributed by atoms with Gasteiger partial charge in [-0.3, -0.25) is 4.98 Å². The van der Waals surface area contributed by atoms with Crippen molar-refractivity contribution in [3.05, 3.63) is 53.3 Å². The molecule has 0 bridgehead atoms. The Morgan fingerprint density at radius 3 is 2.45 bits per heavy atom. The number of nitrogen functional groups attached to an aromatic ring is 1. The van der Waals surface area contributed by atoms with Gasteiger partial charge in [-0.2, -0.15) is 8.42 Å². The van der Waals surface area contributed by atoms with E-state index in [0.29, 0.717) is 10.7 Å². The summed E-state index contributed by atoms with van der Waals surface area (Å²) in [5.41, 5.74) is 11.8. The van der Waals surface area contributed by atoms with Gasteiger partial charge in [-0.15, -0.1) is 4.40 Å². The fourth-order valence-corrected chi connectivity index (χ4v) is 2.51. The molecule has 8 heteroatoms. The van der Waals surface area contributed by atoms with E-state index >= 15 is 0 Å². The Balaban J connectivity index is 2.40. The third-order valence-electron chi connectivity index (χ3n) is 2.38. The zero-order valence-corrected chi connectivity index (χ0v) is 11.8. The Kier molecular flexibility index (Phi) is 3.91. The van der Waals surface area contributed by atoms with Gasteiger partial charge in [-0.05, 0) is 36.4 Å². The number of nitrogens with zero attached hydrogens (tertiary/aromatic N) is 2. The van der Waals surface area contributed by atoms with Gasteiger partial charge in [0.15, 0.2) is 5.84 Å². The van der Waals surface area contributed by atoms with Crippen molar-refractivity contribution in [2.75, 3.05) is 5.73 Å². The van der Waals surface area contributed by atoms with Crippen molar-refractivity contribution in [3.63, 3.8) is 0 Å². The Hall–Kier alpha value is -2.12. The highest BCUT2D eigenvalue weighted by Crippen LogP contribution is 2.15. The SMILES string of the molecule is N/C(=N\S(=O)(=O)c1ccc(N)cc1)c1cc(Cl)ccn1. The first-order valence-corrected chi connectivity index (χ1v) is 7.28. The minimum atomic E-state index is -3.91. The minimum Gasteiger partial charge on any atom is -0.399 e. The van der Waals surface area contributed by atoms with E-state index < -0.39 is 10.0 Å². The molecule has 0 spiro atoms. The van der Waals surface area contributed by atoms with Crippen LogP contribution in [0.1, 0.15) is 5.69 Å². The van der Waals surface area contributed by atoms with Crippen molar-refractivity contribution in [3.8, 4) is 0 Å². The number of pyridine rings is 1. The molecule has 0 saturated heterocycles. The van der Waals surface area contributed by atoms with Gasteiger partial charge in [0.05, 0.1) is 4.90 Å². The molecular formula is C12H11ClN4O2S. The van der Waals surface area contributed by atoms with Crippen molar-refractivity contribution in [2.24, 2.45) is 10.1 Å². The number of hydrogen-bond acceptors (Lipinski definition) is 4. The van der Waals surface area contributed by atoms with E-state index in [-0.39, 0.29) is 16.4 Å². The Morgan fingerprint density at radius 1 is 1.20 bits per heavy atom. The first kappa shape index (κ1) is 14.3. The van der Waals surface area contributed by atoms with Crippen LogP contribution in [-0.4, -0.2) is 19.2 Å². The molecular weight excluding hydrogens is 300 g/mol. The van der Waals surface area contributed by atoms with Crippen LogP contribution in [0.5, 0.6) is 0 Å². The normalized spacial score (nSPS) is 12.3. The number of rotatable bonds is 3. The van der Waals surface area contributed by atoms with Crippen LogP contribution < -0.4 is 11.5 Å². The number of aromatic nitrogens is 1. The average molecular weight is 311 g/mol. The molecule has 104 valence electrons. The molecule has 0 aliphatic rings. The van der Waals surface area contributed by atoms with Crippen LogP contribution in [0.25, 0.3) is 0 Å². The van der Waals surface area contributed by atoms with Crippen LogP contribution in [0, 0.1) is 0 Å². The van der Waals surface area contributed by atoms with Crippen molar-refractivity contribution in [1.82, 2.24) is 4.98 Å². The summed E-state index contributed by atoms with van der Waals surface area (Å²) < 4.78 is 27.6. The van der Waals surface area contributed by atoms with E-state index in [1.165, 1.54) is 36.5 Å². The van der Waals surface area contributed by atoms with Gasteiger partial charge >= 0.3 is 0 Å². The quantitative estimate of drug-likeness (QED) is 0.506. The maximum Gasteiger partial charge on any atom is 0.284 e. The Labute approximate surface area is 121 Å². The molecule has 0 amide bonds. The first-order valence-electron chi connectivity index (χ1n) is 5.46. The maximum atomic E-state index is 12.0. The molecule has 0 aliphatic heterocycles. The monoisotopic (exact) mass is 310 g/mol. The van der Waals surface area contributed by atoms with Crippen LogP contribution in [0.3, 0.4) is 0 Å². The lowest BCUT2D eigenvalue weighted by Crippen LogP contribution is -2.17. The maximum absolute atomic E-state index is 12.0. The zero-order chi connectivity index (χ0) is 14.8. The van der Waals surface area contributed by atoms with E-state index in [2.05, 4.69) is 9.38 Å². The first-order chi connectivity index (χ1) is 9.38. The molecule has 2 aromatic rings. The van der Waals surface area contributed by atoms with Crippen LogP contribution >= 0.6 is 11.6 Å². The number of benzene rings is 1. The fraction of sp³-hybridized carbons (Fsp3) is 0. The van der Waals surface area contributed by atoms with E-state index in [1.807, 2.05) is 0 Å². The van der Waals surface area contributed by atoms with E-state index in [1.54, 1.807) is 6.07 Å². The molecule has 1 aromatic carbocycles. The third kappa shape index (κ3) is 3.25. The topological polar surface area (TPSA) is 111 Å². The van der Waals surface area contributed by atoms with Gasteiger partial charge in [0, 0.05) is 16.9 Å². The predicted molar refractivity (Wildman–Crippen MR) is 78.0 cm³/mol. The molecule has 0 fully saturated rings. The summed E-state index contributed by atoms with van der Waals surface area (Å²) in [5, 5.41) is 0.387.